The van der Waals surface area contributed by atoms with Crippen molar-refractivity contribution in [3.05, 3.63) is 0 Å². The molecule has 0 aromatic carbocycles. The Morgan fingerprint density at radius 1 is 1.35 bits per heavy atom. The highest BCUT2D eigenvalue weighted by atomic mass is 16.4. The van der Waals surface area contributed by atoms with Crippen LogP contribution in [0.25, 0.3) is 0 Å². The number of carboxylic acids is 1. The highest BCUT2D eigenvalue weighted by Gasteiger charge is 2.51. The third kappa shape index (κ3) is 2.44. The molecular formula is C13H21N3O4. The predicted octanol–water partition coefficient (Wildman–Crippen LogP) is 0.145. The predicted molar refractivity (Wildman–Crippen MR) is 70.8 cm³/mol. The number of carboxylic acid groups (broad SMARTS) is 1. The number of fused-ring (bicyclic) bond motifs is 2. The number of aliphatic carboxylic acids is 1. The smallest absolute Gasteiger partial charge is 0.317 e. The van der Waals surface area contributed by atoms with Crippen LogP contribution in [0, 0.1) is 11.3 Å². The second-order valence-electron chi connectivity index (χ2n) is 6.29. The summed E-state index contributed by atoms with van der Waals surface area (Å²) in [5.74, 6) is -1.79. The van der Waals surface area contributed by atoms with Crippen LogP contribution in [0.4, 0.5) is 4.79 Å². The summed E-state index contributed by atoms with van der Waals surface area (Å²) in [5.41, 5.74) is 4.44. The van der Waals surface area contributed by atoms with E-state index in [-0.39, 0.29) is 24.7 Å². The normalized spacial score (nSPS) is 28.5. The summed E-state index contributed by atoms with van der Waals surface area (Å²) in [7, 11) is 0. The van der Waals surface area contributed by atoms with Gasteiger partial charge in [0.2, 0.25) is 5.91 Å². The Labute approximate surface area is 117 Å². The molecule has 0 aromatic rings. The van der Waals surface area contributed by atoms with E-state index in [0.717, 1.165) is 12.8 Å². The molecule has 0 spiro atoms. The first-order chi connectivity index (χ1) is 9.24. The lowest BCUT2D eigenvalue weighted by Gasteiger charge is -2.26. The van der Waals surface area contributed by atoms with Gasteiger partial charge >= 0.3 is 12.0 Å². The summed E-state index contributed by atoms with van der Waals surface area (Å²) < 4.78 is 0. The number of hydrogen-bond acceptors (Lipinski definition) is 3. The zero-order valence-electron chi connectivity index (χ0n) is 11.8. The molecule has 2 aliphatic rings. The fourth-order valence-electron chi connectivity index (χ4n) is 3.05. The number of carbonyl (C=O) groups is 3. The maximum atomic E-state index is 12.2. The van der Waals surface area contributed by atoms with Crippen LogP contribution in [-0.2, 0) is 9.59 Å². The highest BCUT2D eigenvalue weighted by molar-refractivity contribution is 5.82. The Hall–Kier alpha value is -1.79. The average Bonchev–Trinajstić information content (AvgIpc) is 2.93. The van der Waals surface area contributed by atoms with E-state index in [0.29, 0.717) is 6.42 Å². The molecule has 3 unspecified atom stereocenters. The van der Waals surface area contributed by atoms with Gasteiger partial charge in [-0.25, -0.2) is 4.79 Å². The van der Waals surface area contributed by atoms with Crippen LogP contribution in [0.15, 0.2) is 0 Å². The molecular weight excluding hydrogens is 262 g/mol. The molecule has 7 nitrogen and oxygen atoms in total. The summed E-state index contributed by atoms with van der Waals surface area (Å²) in [6.07, 6.45) is 2.10. The second-order valence-corrected chi connectivity index (χ2v) is 6.29. The van der Waals surface area contributed by atoms with Crippen molar-refractivity contribution in [3.63, 3.8) is 0 Å². The monoisotopic (exact) mass is 283 g/mol. The van der Waals surface area contributed by atoms with Crippen molar-refractivity contribution in [1.82, 2.24) is 10.2 Å². The molecule has 3 amide bonds. The molecule has 0 radical (unpaired) electrons. The number of nitrogens with zero attached hydrogens (tertiary/aromatic N) is 1. The molecule has 2 aliphatic heterocycles. The number of primary amides is 1. The van der Waals surface area contributed by atoms with Crippen molar-refractivity contribution in [2.24, 2.45) is 17.1 Å². The molecule has 7 heteroatoms. The van der Waals surface area contributed by atoms with Crippen LogP contribution < -0.4 is 11.1 Å². The lowest BCUT2D eigenvalue weighted by molar-refractivity contribution is -0.142. The summed E-state index contributed by atoms with van der Waals surface area (Å²) in [6, 6.07) is -0.525. The average molecular weight is 283 g/mol. The number of rotatable bonds is 4. The van der Waals surface area contributed by atoms with E-state index in [1.165, 1.54) is 0 Å². The van der Waals surface area contributed by atoms with Gasteiger partial charge in [-0.05, 0) is 33.1 Å². The van der Waals surface area contributed by atoms with Crippen molar-refractivity contribution >= 4 is 17.9 Å². The molecule has 3 atom stereocenters. The van der Waals surface area contributed by atoms with Gasteiger partial charge in [0.25, 0.3) is 0 Å². The van der Waals surface area contributed by atoms with Gasteiger partial charge in [-0.2, -0.15) is 0 Å². The Balaban J connectivity index is 1.98. The van der Waals surface area contributed by atoms with Gasteiger partial charge in [0.15, 0.2) is 0 Å². The highest BCUT2D eigenvalue weighted by Crippen LogP contribution is 2.41. The molecule has 2 rings (SSSR count). The van der Waals surface area contributed by atoms with Crippen molar-refractivity contribution in [3.8, 4) is 0 Å². The van der Waals surface area contributed by atoms with Gasteiger partial charge in [-0.1, -0.05) is 0 Å². The Kier molecular flexibility index (Phi) is 3.62. The molecule has 0 aliphatic carbocycles. The lowest BCUT2D eigenvalue weighted by atomic mass is 9.89. The quantitative estimate of drug-likeness (QED) is 0.681. The zero-order chi connectivity index (χ0) is 15.1. The number of urea groups is 1. The minimum absolute atomic E-state index is 0.00205. The minimum atomic E-state index is -0.840. The molecule has 2 heterocycles. The first kappa shape index (κ1) is 14.6. The van der Waals surface area contributed by atoms with Crippen LogP contribution >= 0.6 is 0 Å². The van der Waals surface area contributed by atoms with Crippen molar-refractivity contribution in [2.75, 3.05) is 6.54 Å². The SMILES string of the molecule is CC(C)(CNC(=O)N1C2CCC1C(C(=O)O)C2)C(N)=O. The molecule has 2 bridgehead atoms. The minimum Gasteiger partial charge on any atom is -0.481 e. The van der Waals surface area contributed by atoms with Crippen LogP contribution in [0.3, 0.4) is 0 Å². The Morgan fingerprint density at radius 2 is 2.00 bits per heavy atom. The molecule has 0 saturated carbocycles. The first-order valence-electron chi connectivity index (χ1n) is 6.83. The molecule has 20 heavy (non-hydrogen) atoms. The van der Waals surface area contributed by atoms with E-state index in [4.69, 9.17) is 10.8 Å². The number of amides is 3. The maximum Gasteiger partial charge on any atom is 0.317 e. The lowest BCUT2D eigenvalue weighted by Crippen LogP contribution is -2.49. The van der Waals surface area contributed by atoms with Crippen molar-refractivity contribution in [2.45, 2.75) is 45.2 Å². The Bertz CT molecular complexity index is 449. The van der Waals surface area contributed by atoms with E-state index < -0.39 is 23.2 Å². The fraction of sp³-hybridized carbons (Fsp3) is 0.769. The maximum absolute atomic E-state index is 12.2. The van der Waals surface area contributed by atoms with Crippen LogP contribution in [0.1, 0.15) is 33.1 Å². The largest absolute Gasteiger partial charge is 0.481 e. The van der Waals surface area contributed by atoms with Crippen LogP contribution in [0.2, 0.25) is 0 Å². The standard InChI is InChI=1S/C13H21N3O4/c1-13(2,11(14)19)6-15-12(20)16-7-3-4-9(16)8(5-7)10(17)18/h7-9H,3-6H2,1-2H3,(H2,14,19)(H,15,20)(H,17,18). The van der Waals surface area contributed by atoms with Crippen molar-refractivity contribution < 1.29 is 19.5 Å². The summed E-state index contributed by atoms with van der Waals surface area (Å²) in [5, 5.41) is 11.8. The molecule has 112 valence electrons. The number of nitrogens with one attached hydrogen (secondary N) is 1. The van der Waals surface area contributed by atoms with Gasteiger partial charge in [-0.3, -0.25) is 9.59 Å². The van der Waals surface area contributed by atoms with Gasteiger partial charge in [0.1, 0.15) is 0 Å². The van der Waals surface area contributed by atoms with Gasteiger partial charge in [0.05, 0.1) is 11.3 Å². The van der Waals surface area contributed by atoms with E-state index in [2.05, 4.69) is 5.32 Å². The van der Waals surface area contributed by atoms with Crippen molar-refractivity contribution in [1.29, 1.82) is 0 Å². The summed E-state index contributed by atoms with van der Waals surface area (Å²) in [6.45, 7) is 3.47. The second kappa shape index (κ2) is 4.96. The zero-order valence-corrected chi connectivity index (χ0v) is 11.8. The first-order valence-corrected chi connectivity index (χ1v) is 6.83. The molecule has 2 saturated heterocycles. The van der Waals surface area contributed by atoms with Gasteiger partial charge in [-0.15, -0.1) is 0 Å². The Morgan fingerprint density at radius 3 is 2.50 bits per heavy atom. The van der Waals surface area contributed by atoms with Gasteiger partial charge < -0.3 is 21.1 Å². The summed E-state index contributed by atoms with van der Waals surface area (Å²) in [4.78, 5) is 36.2. The topological polar surface area (TPSA) is 113 Å². The third-order valence-corrected chi connectivity index (χ3v) is 4.44. The van der Waals surface area contributed by atoms with E-state index in [1.54, 1.807) is 18.7 Å². The van der Waals surface area contributed by atoms with Crippen LogP contribution in [-0.4, -0.2) is 46.5 Å². The van der Waals surface area contributed by atoms with E-state index in [9.17, 15) is 14.4 Å². The fourth-order valence-corrected chi connectivity index (χ4v) is 3.05. The molecule has 2 fully saturated rings. The molecule has 0 aromatic heterocycles. The van der Waals surface area contributed by atoms with Crippen LogP contribution in [0.5, 0.6) is 0 Å². The van der Waals surface area contributed by atoms with E-state index >= 15 is 0 Å². The number of nitrogens with two attached hydrogens (primary N) is 1. The molecule has 4 N–H and O–H groups in total. The third-order valence-electron chi connectivity index (χ3n) is 4.44. The van der Waals surface area contributed by atoms with E-state index in [1.807, 2.05) is 0 Å². The number of hydrogen-bond donors (Lipinski definition) is 3. The number of carbonyl (C=O) groups excluding carboxylic acids is 2. The van der Waals surface area contributed by atoms with Gasteiger partial charge in [0, 0.05) is 18.6 Å². The summed E-state index contributed by atoms with van der Waals surface area (Å²) >= 11 is 0.